The monoisotopic (exact) mass is 207 g/mol. The first-order valence-corrected chi connectivity index (χ1v) is 5.64. The van der Waals surface area contributed by atoms with Crippen LogP contribution in [0.1, 0.15) is 33.6 Å². The molecule has 3 heteroatoms. The summed E-state index contributed by atoms with van der Waals surface area (Å²) in [7, 11) is 0. The van der Waals surface area contributed by atoms with Gasteiger partial charge >= 0.3 is 6.09 Å². The van der Waals surface area contributed by atoms with Crippen molar-refractivity contribution in [1.29, 1.82) is 0 Å². The van der Waals surface area contributed by atoms with E-state index in [9.17, 15) is 4.79 Å². The summed E-state index contributed by atoms with van der Waals surface area (Å²) in [6.07, 6.45) is 6.41. The summed E-state index contributed by atoms with van der Waals surface area (Å²) < 4.78 is 5.44. The minimum Gasteiger partial charge on any atom is -0.444 e. The Morgan fingerprint density at radius 1 is 1.47 bits per heavy atom. The summed E-state index contributed by atoms with van der Waals surface area (Å²) in [4.78, 5) is 14.0. The third-order valence-corrected chi connectivity index (χ3v) is 3.40. The van der Waals surface area contributed by atoms with Crippen molar-refractivity contribution >= 4 is 6.09 Å². The van der Waals surface area contributed by atoms with Crippen LogP contribution in [0.5, 0.6) is 0 Å². The van der Waals surface area contributed by atoms with Gasteiger partial charge < -0.3 is 4.74 Å². The average Bonchev–Trinajstić information content (AvgIpc) is 2.91. The van der Waals surface area contributed by atoms with Crippen molar-refractivity contribution in [2.75, 3.05) is 0 Å². The molecule has 3 nitrogen and oxygen atoms in total. The number of carbonyl (C=O) groups is 1. The van der Waals surface area contributed by atoms with Gasteiger partial charge in [0.1, 0.15) is 5.60 Å². The number of likely N-dealkylation sites (tertiary alicyclic amines) is 1. The van der Waals surface area contributed by atoms with Gasteiger partial charge in [-0.1, -0.05) is 12.2 Å². The van der Waals surface area contributed by atoms with Gasteiger partial charge in [-0.05, 0) is 39.5 Å². The molecule has 1 amide bonds. The van der Waals surface area contributed by atoms with Gasteiger partial charge in [0.2, 0.25) is 0 Å². The molecular weight excluding hydrogens is 190 g/mol. The smallest absolute Gasteiger partial charge is 0.411 e. The quantitative estimate of drug-likeness (QED) is 0.570. The summed E-state index contributed by atoms with van der Waals surface area (Å²) >= 11 is 0. The maximum Gasteiger partial charge on any atom is 0.411 e. The zero-order valence-corrected chi connectivity index (χ0v) is 9.49. The number of piperidine rings is 1. The van der Waals surface area contributed by atoms with Gasteiger partial charge in [-0.25, -0.2) is 4.79 Å². The first-order chi connectivity index (χ1) is 6.91. The largest absolute Gasteiger partial charge is 0.444 e. The molecule has 1 aliphatic heterocycles. The molecule has 0 N–H and O–H groups in total. The standard InChI is InChI=1S/C12H17NO2/c1-11(2,3)15-10(14)13-9-6-8(9)7-12(13)4-5-12/h4-5,8-9H,6-7H2,1-3H3/t8-,9-/m1/s1. The summed E-state index contributed by atoms with van der Waals surface area (Å²) in [5.41, 5.74) is -0.407. The number of hydrogen-bond acceptors (Lipinski definition) is 2. The fraction of sp³-hybridized carbons (Fsp3) is 0.750. The third-order valence-electron chi connectivity index (χ3n) is 3.40. The van der Waals surface area contributed by atoms with Crippen molar-refractivity contribution in [2.45, 2.75) is 50.8 Å². The lowest BCUT2D eigenvalue weighted by atomic mass is 10.1. The fourth-order valence-electron chi connectivity index (χ4n) is 2.60. The van der Waals surface area contributed by atoms with Crippen LogP contribution in [0.25, 0.3) is 0 Å². The first-order valence-electron chi connectivity index (χ1n) is 5.64. The van der Waals surface area contributed by atoms with Crippen LogP contribution < -0.4 is 0 Å². The molecule has 3 aliphatic rings. The second kappa shape index (κ2) is 2.39. The molecule has 3 rings (SSSR count). The van der Waals surface area contributed by atoms with Crippen molar-refractivity contribution < 1.29 is 9.53 Å². The van der Waals surface area contributed by atoms with Crippen LogP contribution in [0.2, 0.25) is 0 Å². The van der Waals surface area contributed by atoms with Gasteiger partial charge in [0.15, 0.2) is 0 Å². The molecule has 15 heavy (non-hydrogen) atoms. The summed E-state index contributed by atoms with van der Waals surface area (Å²) in [5.74, 6) is 0.729. The lowest BCUT2D eigenvalue weighted by Gasteiger charge is -2.30. The highest BCUT2D eigenvalue weighted by atomic mass is 16.6. The number of nitrogens with zero attached hydrogens (tertiary/aromatic N) is 1. The highest BCUT2D eigenvalue weighted by Crippen LogP contribution is 2.58. The molecule has 0 unspecified atom stereocenters. The van der Waals surface area contributed by atoms with E-state index in [-0.39, 0.29) is 17.2 Å². The van der Waals surface area contributed by atoms with Gasteiger partial charge in [-0.15, -0.1) is 0 Å². The maximum atomic E-state index is 12.0. The average molecular weight is 207 g/mol. The van der Waals surface area contributed by atoms with Crippen LogP contribution in [-0.4, -0.2) is 28.2 Å². The molecule has 1 spiro atoms. The van der Waals surface area contributed by atoms with Gasteiger partial charge in [0, 0.05) is 6.04 Å². The summed E-state index contributed by atoms with van der Waals surface area (Å²) in [5, 5.41) is 0. The topological polar surface area (TPSA) is 29.5 Å². The molecule has 1 saturated heterocycles. The second-order valence-corrected chi connectivity index (χ2v) is 5.94. The Hall–Kier alpha value is -0.990. The first kappa shape index (κ1) is 9.25. The van der Waals surface area contributed by atoms with E-state index in [1.165, 1.54) is 6.42 Å². The van der Waals surface area contributed by atoms with Gasteiger partial charge in [-0.2, -0.15) is 0 Å². The zero-order chi connectivity index (χ0) is 10.8. The van der Waals surface area contributed by atoms with E-state index in [4.69, 9.17) is 4.74 Å². The zero-order valence-electron chi connectivity index (χ0n) is 9.49. The lowest BCUT2D eigenvalue weighted by molar-refractivity contribution is 0.0183. The van der Waals surface area contributed by atoms with Crippen LogP contribution in [0.15, 0.2) is 12.2 Å². The normalized spacial score (nSPS) is 34.2. The molecule has 0 aromatic heterocycles. The number of carbonyl (C=O) groups excluding carboxylic acids is 1. The number of hydrogen-bond donors (Lipinski definition) is 0. The molecular formula is C12H17NO2. The lowest BCUT2D eigenvalue weighted by Crippen LogP contribution is -2.44. The SMILES string of the molecule is CC(C)(C)OC(=O)N1[C@@H]2C[C@@H]2CC12C=C2. The Kier molecular flexibility index (Phi) is 1.48. The van der Waals surface area contributed by atoms with Crippen molar-refractivity contribution in [3.63, 3.8) is 0 Å². The number of rotatable bonds is 0. The van der Waals surface area contributed by atoms with E-state index >= 15 is 0 Å². The molecule has 0 bridgehead atoms. The molecule has 2 fully saturated rings. The Morgan fingerprint density at radius 2 is 2.13 bits per heavy atom. The minimum absolute atomic E-state index is 0.0179. The van der Waals surface area contributed by atoms with Gasteiger partial charge in [-0.3, -0.25) is 4.90 Å². The van der Waals surface area contributed by atoms with Crippen molar-refractivity contribution in [2.24, 2.45) is 5.92 Å². The Labute approximate surface area is 90.1 Å². The number of ether oxygens (including phenoxy) is 1. The minimum atomic E-state index is -0.389. The van der Waals surface area contributed by atoms with E-state index in [1.807, 2.05) is 25.7 Å². The van der Waals surface area contributed by atoms with E-state index < -0.39 is 0 Å². The van der Waals surface area contributed by atoms with E-state index in [0.717, 1.165) is 12.3 Å². The third kappa shape index (κ3) is 1.36. The predicted octanol–water partition coefficient (Wildman–Crippen LogP) is 2.32. The highest BCUT2D eigenvalue weighted by molar-refractivity contribution is 5.74. The summed E-state index contributed by atoms with van der Waals surface area (Å²) in [6.45, 7) is 5.75. The van der Waals surface area contributed by atoms with Crippen LogP contribution in [0.4, 0.5) is 4.79 Å². The molecule has 1 saturated carbocycles. The Balaban J connectivity index is 1.74. The van der Waals surface area contributed by atoms with Crippen LogP contribution in [-0.2, 0) is 4.74 Å². The van der Waals surface area contributed by atoms with Crippen LogP contribution in [0, 0.1) is 5.92 Å². The number of fused-ring (bicyclic) bond motifs is 1. The fourth-order valence-corrected chi connectivity index (χ4v) is 2.60. The number of amides is 1. The molecule has 0 radical (unpaired) electrons. The van der Waals surface area contributed by atoms with Gasteiger partial charge in [0.25, 0.3) is 0 Å². The van der Waals surface area contributed by atoms with Gasteiger partial charge in [0.05, 0.1) is 5.54 Å². The molecule has 2 aliphatic carbocycles. The maximum absolute atomic E-state index is 12.0. The Bertz CT molecular complexity index is 347. The Morgan fingerprint density at radius 3 is 2.67 bits per heavy atom. The highest BCUT2D eigenvalue weighted by Gasteiger charge is 2.64. The van der Waals surface area contributed by atoms with E-state index in [1.54, 1.807) is 0 Å². The second-order valence-electron chi connectivity index (χ2n) is 5.94. The van der Waals surface area contributed by atoms with E-state index in [0.29, 0.717) is 6.04 Å². The molecule has 0 aromatic carbocycles. The predicted molar refractivity (Wildman–Crippen MR) is 56.5 cm³/mol. The van der Waals surface area contributed by atoms with Crippen molar-refractivity contribution in [1.82, 2.24) is 4.90 Å². The molecule has 2 atom stereocenters. The van der Waals surface area contributed by atoms with Crippen molar-refractivity contribution in [3.05, 3.63) is 12.2 Å². The van der Waals surface area contributed by atoms with E-state index in [2.05, 4.69) is 12.2 Å². The molecule has 82 valence electrons. The van der Waals surface area contributed by atoms with Crippen LogP contribution in [0.3, 0.4) is 0 Å². The molecule has 1 heterocycles. The summed E-state index contributed by atoms with van der Waals surface area (Å²) in [6, 6.07) is 0.454. The molecule has 0 aromatic rings. The van der Waals surface area contributed by atoms with Crippen LogP contribution >= 0.6 is 0 Å². The van der Waals surface area contributed by atoms with Crippen molar-refractivity contribution in [3.8, 4) is 0 Å².